The number of hydrogen-bond acceptors (Lipinski definition) is 3. The van der Waals surface area contributed by atoms with E-state index < -0.39 is 0 Å². The zero-order valence-electron chi connectivity index (χ0n) is 10.1. The van der Waals surface area contributed by atoms with Crippen molar-refractivity contribution in [2.24, 2.45) is 17.6 Å². The van der Waals surface area contributed by atoms with Gasteiger partial charge in [-0.25, -0.2) is 0 Å². The van der Waals surface area contributed by atoms with Gasteiger partial charge < -0.3 is 15.1 Å². The Morgan fingerprint density at radius 1 is 1.41 bits per heavy atom. The molecule has 17 heavy (non-hydrogen) atoms. The topological polar surface area (TPSA) is 59.5 Å². The van der Waals surface area contributed by atoms with Crippen LogP contribution in [0.15, 0.2) is 16.5 Å². The molecule has 3 unspecified atom stereocenters. The van der Waals surface area contributed by atoms with Gasteiger partial charge in [-0.2, -0.15) is 0 Å². The molecule has 1 aliphatic carbocycles. The SMILES string of the molecule is Cc1ccc(C(=O)N2CC3CCC(N)C3C2)o1. The van der Waals surface area contributed by atoms with Crippen LogP contribution in [0.3, 0.4) is 0 Å². The Morgan fingerprint density at radius 2 is 2.24 bits per heavy atom. The Bertz CT molecular complexity index is 440. The first-order valence-corrected chi connectivity index (χ1v) is 6.26. The second-order valence-corrected chi connectivity index (χ2v) is 5.29. The minimum atomic E-state index is 0.0136. The van der Waals surface area contributed by atoms with Crippen molar-refractivity contribution in [3.8, 4) is 0 Å². The largest absolute Gasteiger partial charge is 0.456 e. The van der Waals surface area contributed by atoms with Gasteiger partial charge in [-0.15, -0.1) is 0 Å². The molecule has 1 saturated carbocycles. The molecule has 4 nitrogen and oxygen atoms in total. The molecule has 3 atom stereocenters. The summed E-state index contributed by atoms with van der Waals surface area (Å²) >= 11 is 0. The second kappa shape index (κ2) is 3.88. The number of aryl methyl sites for hydroxylation is 1. The van der Waals surface area contributed by atoms with E-state index in [4.69, 9.17) is 10.2 Å². The summed E-state index contributed by atoms with van der Waals surface area (Å²) in [5.74, 6) is 2.35. The van der Waals surface area contributed by atoms with Crippen molar-refractivity contribution in [1.29, 1.82) is 0 Å². The van der Waals surface area contributed by atoms with E-state index in [1.807, 2.05) is 17.9 Å². The van der Waals surface area contributed by atoms with Crippen molar-refractivity contribution in [2.75, 3.05) is 13.1 Å². The number of rotatable bonds is 1. The number of furan rings is 1. The maximum Gasteiger partial charge on any atom is 0.289 e. The molecule has 0 spiro atoms. The number of nitrogens with two attached hydrogens (primary N) is 1. The average Bonchev–Trinajstić information content (AvgIpc) is 2.96. The molecule has 3 rings (SSSR count). The summed E-state index contributed by atoms with van der Waals surface area (Å²) in [4.78, 5) is 14.1. The fourth-order valence-electron chi connectivity index (χ4n) is 3.18. The van der Waals surface area contributed by atoms with Gasteiger partial charge in [0.1, 0.15) is 5.76 Å². The molecule has 92 valence electrons. The summed E-state index contributed by atoms with van der Waals surface area (Å²) in [5, 5.41) is 0. The highest BCUT2D eigenvalue weighted by molar-refractivity contribution is 5.91. The third kappa shape index (κ3) is 1.76. The van der Waals surface area contributed by atoms with Gasteiger partial charge in [0.15, 0.2) is 5.76 Å². The predicted molar refractivity (Wildman–Crippen MR) is 63.5 cm³/mol. The predicted octanol–water partition coefficient (Wildman–Crippen LogP) is 1.40. The van der Waals surface area contributed by atoms with Crippen LogP contribution >= 0.6 is 0 Å². The Balaban J connectivity index is 1.73. The van der Waals surface area contributed by atoms with Gasteiger partial charge in [-0.3, -0.25) is 4.79 Å². The summed E-state index contributed by atoms with van der Waals surface area (Å²) in [6, 6.07) is 3.86. The molecule has 1 amide bonds. The third-order valence-electron chi connectivity index (χ3n) is 4.15. The molecule has 4 heteroatoms. The molecule has 1 aromatic rings. The summed E-state index contributed by atoms with van der Waals surface area (Å²) in [5.41, 5.74) is 6.06. The first kappa shape index (κ1) is 10.8. The maximum atomic E-state index is 12.2. The minimum absolute atomic E-state index is 0.0136. The van der Waals surface area contributed by atoms with E-state index in [1.54, 1.807) is 6.07 Å². The van der Waals surface area contributed by atoms with Gasteiger partial charge >= 0.3 is 0 Å². The Morgan fingerprint density at radius 3 is 2.88 bits per heavy atom. The summed E-state index contributed by atoms with van der Waals surface area (Å²) in [6.45, 7) is 3.49. The molecule has 2 heterocycles. The van der Waals surface area contributed by atoms with Crippen molar-refractivity contribution in [3.63, 3.8) is 0 Å². The van der Waals surface area contributed by atoms with E-state index >= 15 is 0 Å². The zero-order chi connectivity index (χ0) is 12.0. The van der Waals surface area contributed by atoms with Gasteiger partial charge in [0, 0.05) is 19.1 Å². The van der Waals surface area contributed by atoms with Crippen LogP contribution in [0.4, 0.5) is 0 Å². The summed E-state index contributed by atoms with van der Waals surface area (Å²) < 4.78 is 5.38. The second-order valence-electron chi connectivity index (χ2n) is 5.29. The number of amides is 1. The normalized spacial score (nSPS) is 31.9. The molecule has 1 saturated heterocycles. The van der Waals surface area contributed by atoms with Crippen molar-refractivity contribution in [2.45, 2.75) is 25.8 Å². The van der Waals surface area contributed by atoms with E-state index in [0.29, 0.717) is 17.6 Å². The lowest BCUT2D eigenvalue weighted by atomic mass is 9.98. The Kier molecular flexibility index (Phi) is 2.47. The van der Waals surface area contributed by atoms with E-state index in [0.717, 1.165) is 31.7 Å². The van der Waals surface area contributed by atoms with Crippen LogP contribution in [-0.2, 0) is 0 Å². The third-order valence-corrected chi connectivity index (χ3v) is 4.15. The van der Waals surface area contributed by atoms with Gasteiger partial charge in [0.2, 0.25) is 0 Å². The lowest BCUT2D eigenvalue weighted by Gasteiger charge is -2.17. The number of carbonyl (C=O) groups excluding carboxylic acids is 1. The smallest absolute Gasteiger partial charge is 0.289 e. The zero-order valence-corrected chi connectivity index (χ0v) is 10.1. The molecule has 2 N–H and O–H groups in total. The maximum absolute atomic E-state index is 12.2. The fourth-order valence-corrected chi connectivity index (χ4v) is 3.18. The highest BCUT2D eigenvalue weighted by Gasteiger charge is 2.42. The molecule has 2 fully saturated rings. The molecular formula is C13H18N2O2. The average molecular weight is 234 g/mol. The summed E-state index contributed by atoms with van der Waals surface area (Å²) in [6.07, 6.45) is 2.27. The highest BCUT2D eigenvalue weighted by atomic mass is 16.3. The molecule has 2 aliphatic rings. The lowest BCUT2D eigenvalue weighted by Crippen LogP contribution is -2.33. The van der Waals surface area contributed by atoms with Crippen molar-refractivity contribution in [1.82, 2.24) is 4.90 Å². The van der Waals surface area contributed by atoms with Crippen molar-refractivity contribution >= 4 is 5.91 Å². The van der Waals surface area contributed by atoms with Crippen molar-refractivity contribution < 1.29 is 9.21 Å². The van der Waals surface area contributed by atoms with E-state index in [2.05, 4.69) is 0 Å². The summed E-state index contributed by atoms with van der Waals surface area (Å²) in [7, 11) is 0. The van der Waals surface area contributed by atoms with E-state index in [-0.39, 0.29) is 11.9 Å². The van der Waals surface area contributed by atoms with Crippen LogP contribution in [0.2, 0.25) is 0 Å². The van der Waals surface area contributed by atoms with Gasteiger partial charge in [0.05, 0.1) is 0 Å². The molecule has 1 aromatic heterocycles. The fraction of sp³-hybridized carbons (Fsp3) is 0.615. The van der Waals surface area contributed by atoms with Crippen LogP contribution in [-0.4, -0.2) is 29.9 Å². The molecule has 1 aliphatic heterocycles. The van der Waals surface area contributed by atoms with Gasteiger partial charge in [-0.05, 0) is 43.7 Å². The van der Waals surface area contributed by atoms with Crippen LogP contribution in [0.25, 0.3) is 0 Å². The Labute approximate surface area is 101 Å². The number of hydrogen-bond donors (Lipinski definition) is 1. The molecule has 0 aromatic carbocycles. The molecular weight excluding hydrogens is 216 g/mol. The van der Waals surface area contributed by atoms with Gasteiger partial charge in [0.25, 0.3) is 5.91 Å². The quantitative estimate of drug-likeness (QED) is 0.799. The van der Waals surface area contributed by atoms with E-state index in [1.165, 1.54) is 0 Å². The van der Waals surface area contributed by atoms with Crippen LogP contribution in [0.5, 0.6) is 0 Å². The van der Waals surface area contributed by atoms with Crippen molar-refractivity contribution in [3.05, 3.63) is 23.7 Å². The first-order chi connectivity index (χ1) is 8.15. The number of nitrogens with zero attached hydrogens (tertiary/aromatic N) is 1. The number of fused-ring (bicyclic) bond motifs is 1. The monoisotopic (exact) mass is 234 g/mol. The Hall–Kier alpha value is -1.29. The lowest BCUT2D eigenvalue weighted by molar-refractivity contribution is 0.0746. The number of carbonyl (C=O) groups is 1. The molecule has 0 radical (unpaired) electrons. The van der Waals surface area contributed by atoms with Crippen LogP contribution < -0.4 is 5.73 Å². The van der Waals surface area contributed by atoms with Crippen LogP contribution in [0, 0.1) is 18.8 Å². The number of likely N-dealkylation sites (tertiary alicyclic amines) is 1. The van der Waals surface area contributed by atoms with Crippen LogP contribution in [0.1, 0.15) is 29.2 Å². The van der Waals surface area contributed by atoms with E-state index in [9.17, 15) is 4.79 Å². The standard InChI is InChI=1S/C13H18N2O2/c1-8-2-5-12(17-8)13(16)15-6-9-3-4-11(14)10(9)7-15/h2,5,9-11H,3-4,6-7,14H2,1H3. The minimum Gasteiger partial charge on any atom is -0.456 e. The first-order valence-electron chi connectivity index (χ1n) is 6.26. The highest BCUT2D eigenvalue weighted by Crippen LogP contribution is 2.37. The van der Waals surface area contributed by atoms with Gasteiger partial charge in [-0.1, -0.05) is 0 Å². The molecule has 0 bridgehead atoms.